The lowest BCUT2D eigenvalue weighted by molar-refractivity contribution is -0.142. The van der Waals surface area contributed by atoms with Gasteiger partial charge in [-0.1, -0.05) is 6.92 Å². The van der Waals surface area contributed by atoms with Crippen molar-refractivity contribution < 1.29 is 23.1 Å². The van der Waals surface area contributed by atoms with Crippen LogP contribution in [0.3, 0.4) is 0 Å². The molecule has 1 unspecified atom stereocenters. The van der Waals surface area contributed by atoms with Crippen LogP contribution in [0.15, 0.2) is 0 Å². The monoisotopic (exact) mass is 318 g/mol. The number of hydrogen-bond acceptors (Lipinski definition) is 4. The van der Waals surface area contributed by atoms with Crippen LogP contribution in [0.1, 0.15) is 19.8 Å². The fraction of sp³-hybridized carbons (Fsp3) is 0.846. The number of nitrogens with zero attached hydrogens (tertiary/aromatic N) is 2. The van der Waals surface area contributed by atoms with Crippen molar-refractivity contribution in [2.75, 3.05) is 32.4 Å². The molecular weight excluding hydrogens is 296 g/mol. The topological polar surface area (TPSA) is 95.0 Å². The molecule has 0 spiro atoms. The molecule has 0 aromatic heterocycles. The average molecular weight is 318 g/mol. The van der Waals surface area contributed by atoms with Gasteiger partial charge in [-0.15, -0.1) is 0 Å². The van der Waals surface area contributed by atoms with Crippen molar-refractivity contribution in [3.63, 3.8) is 0 Å². The fourth-order valence-electron chi connectivity index (χ4n) is 3.17. The SMILES string of the molecule is C[C@@H]1CN(C(=O)C2CCCN(S(C)(=O)=O)C2)C[C@H]1C(=O)O. The summed E-state index contributed by atoms with van der Waals surface area (Å²) in [5.74, 6) is -1.93. The summed E-state index contributed by atoms with van der Waals surface area (Å²) in [5, 5.41) is 9.12. The number of aliphatic carboxylic acids is 1. The Labute approximate surface area is 125 Å². The molecule has 8 heteroatoms. The smallest absolute Gasteiger partial charge is 0.308 e. The lowest BCUT2D eigenvalue weighted by Gasteiger charge is -2.32. The second-order valence-electron chi connectivity index (χ2n) is 6.13. The zero-order valence-corrected chi connectivity index (χ0v) is 13.2. The van der Waals surface area contributed by atoms with Crippen molar-refractivity contribution in [2.45, 2.75) is 19.8 Å². The molecule has 3 atom stereocenters. The van der Waals surface area contributed by atoms with E-state index in [4.69, 9.17) is 5.11 Å². The van der Waals surface area contributed by atoms with Gasteiger partial charge in [0.05, 0.1) is 18.1 Å². The van der Waals surface area contributed by atoms with Crippen LogP contribution in [0.4, 0.5) is 0 Å². The van der Waals surface area contributed by atoms with Gasteiger partial charge in [0.1, 0.15) is 0 Å². The number of carbonyl (C=O) groups excluding carboxylic acids is 1. The molecule has 0 radical (unpaired) electrons. The molecule has 2 heterocycles. The summed E-state index contributed by atoms with van der Waals surface area (Å²) >= 11 is 0. The molecule has 2 aliphatic heterocycles. The van der Waals surface area contributed by atoms with Crippen LogP contribution in [-0.4, -0.2) is 67.0 Å². The van der Waals surface area contributed by atoms with E-state index in [2.05, 4.69) is 0 Å². The molecule has 120 valence electrons. The molecule has 21 heavy (non-hydrogen) atoms. The van der Waals surface area contributed by atoms with Gasteiger partial charge in [-0.3, -0.25) is 9.59 Å². The normalized spacial score (nSPS) is 31.3. The Balaban J connectivity index is 2.02. The van der Waals surface area contributed by atoms with Crippen LogP contribution in [0.5, 0.6) is 0 Å². The molecule has 0 aromatic rings. The Bertz CT molecular complexity index is 533. The van der Waals surface area contributed by atoms with E-state index in [0.717, 1.165) is 6.26 Å². The zero-order valence-electron chi connectivity index (χ0n) is 12.4. The molecule has 2 rings (SSSR count). The summed E-state index contributed by atoms with van der Waals surface area (Å²) in [6.07, 6.45) is 2.47. The molecule has 0 aliphatic carbocycles. The summed E-state index contributed by atoms with van der Waals surface area (Å²) in [6.45, 7) is 3.16. The molecule has 1 N–H and O–H groups in total. The predicted molar refractivity (Wildman–Crippen MR) is 76.0 cm³/mol. The number of hydrogen-bond donors (Lipinski definition) is 1. The Kier molecular flexibility index (Phi) is 4.57. The van der Waals surface area contributed by atoms with Gasteiger partial charge in [-0.2, -0.15) is 0 Å². The summed E-state index contributed by atoms with van der Waals surface area (Å²) in [5.41, 5.74) is 0. The summed E-state index contributed by atoms with van der Waals surface area (Å²) in [7, 11) is -3.28. The third-order valence-electron chi connectivity index (χ3n) is 4.44. The third-order valence-corrected chi connectivity index (χ3v) is 5.71. The summed E-state index contributed by atoms with van der Waals surface area (Å²) in [6, 6.07) is 0. The maximum absolute atomic E-state index is 12.5. The Morgan fingerprint density at radius 3 is 2.38 bits per heavy atom. The van der Waals surface area contributed by atoms with E-state index < -0.39 is 21.9 Å². The molecular formula is C13H22N2O5S. The third kappa shape index (κ3) is 3.55. The Morgan fingerprint density at radius 1 is 1.19 bits per heavy atom. The number of piperidine rings is 1. The highest BCUT2D eigenvalue weighted by atomic mass is 32.2. The van der Waals surface area contributed by atoms with Gasteiger partial charge in [-0.25, -0.2) is 12.7 Å². The lowest BCUT2D eigenvalue weighted by Crippen LogP contribution is -2.46. The first-order valence-electron chi connectivity index (χ1n) is 7.17. The lowest BCUT2D eigenvalue weighted by atomic mass is 9.98. The maximum atomic E-state index is 12.5. The van der Waals surface area contributed by atoms with Crippen molar-refractivity contribution in [1.29, 1.82) is 0 Å². The molecule has 0 bridgehead atoms. The van der Waals surface area contributed by atoms with Crippen LogP contribution in [-0.2, 0) is 19.6 Å². The van der Waals surface area contributed by atoms with Gasteiger partial charge in [0, 0.05) is 26.2 Å². The number of likely N-dealkylation sites (tertiary alicyclic amines) is 1. The second kappa shape index (κ2) is 5.92. The highest BCUT2D eigenvalue weighted by Crippen LogP contribution is 2.27. The van der Waals surface area contributed by atoms with Gasteiger partial charge in [0.2, 0.25) is 15.9 Å². The van der Waals surface area contributed by atoms with E-state index in [1.165, 1.54) is 4.31 Å². The molecule has 2 aliphatic rings. The van der Waals surface area contributed by atoms with Crippen molar-refractivity contribution in [3.8, 4) is 0 Å². The highest BCUT2D eigenvalue weighted by Gasteiger charge is 2.40. The minimum absolute atomic E-state index is 0.0685. The Hall–Kier alpha value is -1.15. The van der Waals surface area contributed by atoms with E-state index in [9.17, 15) is 18.0 Å². The number of carboxylic acid groups (broad SMARTS) is 1. The van der Waals surface area contributed by atoms with E-state index in [0.29, 0.717) is 25.9 Å². The van der Waals surface area contributed by atoms with Crippen molar-refractivity contribution in [2.24, 2.45) is 17.8 Å². The first-order valence-corrected chi connectivity index (χ1v) is 9.01. The number of rotatable bonds is 3. The van der Waals surface area contributed by atoms with E-state index in [-0.39, 0.29) is 30.8 Å². The summed E-state index contributed by atoms with van der Waals surface area (Å²) < 4.78 is 24.5. The number of amides is 1. The molecule has 7 nitrogen and oxygen atoms in total. The van der Waals surface area contributed by atoms with Crippen molar-refractivity contribution in [1.82, 2.24) is 9.21 Å². The van der Waals surface area contributed by atoms with Gasteiger partial charge < -0.3 is 10.0 Å². The van der Waals surface area contributed by atoms with Gasteiger partial charge >= 0.3 is 5.97 Å². The first-order chi connectivity index (χ1) is 9.70. The zero-order chi connectivity index (χ0) is 15.8. The number of carbonyl (C=O) groups is 2. The van der Waals surface area contributed by atoms with Crippen molar-refractivity contribution >= 4 is 21.9 Å². The van der Waals surface area contributed by atoms with Crippen LogP contribution in [0.2, 0.25) is 0 Å². The minimum Gasteiger partial charge on any atom is -0.481 e. The van der Waals surface area contributed by atoms with Crippen LogP contribution >= 0.6 is 0 Å². The largest absolute Gasteiger partial charge is 0.481 e. The van der Waals surface area contributed by atoms with E-state index in [1.807, 2.05) is 6.92 Å². The average Bonchev–Trinajstić information content (AvgIpc) is 2.79. The number of sulfonamides is 1. The molecule has 0 aromatic carbocycles. The van der Waals surface area contributed by atoms with Gasteiger partial charge in [-0.05, 0) is 18.8 Å². The molecule has 2 fully saturated rings. The van der Waals surface area contributed by atoms with E-state index >= 15 is 0 Å². The quantitative estimate of drug-likeness (QED) is 0.780. The standard InChI is InChI=1S/C13H22N2O5S/c1-9-6-14(8-11(9)13(17)18)12(16)10-4-3-5-15(7-10)21(2,19)20/h9-11H,3-8H2,1-2H3,(H,17,18)/t9-,10?,11-/m1/s1. The first kappa shape index (κ1) is 16.2. The van der Waals surface area contributed by atoms with Crippen LogP contribution in [0, 0.1) is 17.8 Å². The summed E-state index contributed by atoms with van der Waals surface area (Å²) in [4.78, 5) is 25.2. The second-order valence-corrected chi connectivity index (χ2v) is 8.11. The highest BCUT2D eigenvalue weighted by molar-refractivity contribution is 7.88. The predicted octanol–water partition coefficient (Wildman–Crippen LogP) is -0.163. The Morgan fingerprint density at radius 2 is 1.86 bits per heavy atom. The maximum Gasteiger partial charge on any atom is 0.308 e. The number of carboxylic acids is 1. The van der Waals surface area contributed by atoms with Crippen molar-refractivity contribution in [3.05, 3.63) is 0 Å². The van der Waals surface area contributed by atoms with E-state index in [1.54, 1.807) is 4.90 Å². The minimum atomic E-state index is -3.28. The van der Waals surface area contributed by atoms with Gasteiger partial charge in [0.15, 0.2) is 0 Å². The van der Waals surface area contributed by atoms with Gasteiger partial charge in [0.25, 0.3) is 0 Å². The van der Waals surface area contributed by atoms with Crippen LogP contribution in [0.25, 0.3) is 0 Å². The van der Waals surface area contributed by atoms with Crippen LogP contribution < -0.4 is 0 Å². The molecule has 2 saturated heterocycles. The fourth-order valence-corrected chi connectivity index (χ4v) is 4.08. The molecule has 0 saturated carbocycles. The molecule has 1 amide bonds.